The Labute approximate surface area is 152 Å². The van der Waals surface area contributed by atoms with Gasteiger partial charge in [0.25, 0.3) is 0 Å². The third-order valence-electron chi connectivity index (χ3n) is 4.49. The first-order valence-corrected chi connectivity index (χ1v) is 8.78. The molecule has 130 valence electrons. The first kappa shape index (κ1) is 16.2. The van der Waals surface area contributed by atoms with Crippen molar-refractivity contribution >= 4 is 16.6 Å². The maximum absolute atomic E-state index is 5.90. The molecule has 0 spiro atoms. The Hall–Kier alpha value is -3.27. The van der Waals surface area contributed by atoms with Gasteiger partial charge in [-0.1, -0.05) is 30.3 Å². The second kappa shape index (κ2) is 7.31. The highest BCUT2D eigenvalue weighted by Gasteiger charge is 2.04. The van der Waals surface area contributed by atoms with Gasteiger partial charge in [0.1, 0.15) is 5.75 Å². The number of nitrogens with one attached hydrogen (secondary N) is 1. The van der Waals surface area contributed by atoms with Crippen LogP contribution >= 0.6 is 0 Å². The van der Waals surface area contributed by atoms with Crippen molar-refractivity contribution < 1.29 is 4.74 Å². The van der Waals surface area contributed by atoms with Crippen molar-refractivity contribution in [1.29, 1.82) is 0 Å². The van der Waals surface area contributed by atoms with E-state index in [1.165, 1.54) is 16.5 Å². The molecule has 4 nitrogen and oxygen atoms in total. The van der Waals surface area contributed by atoms with Gasteiger partial charge >= 0.3 is 0 Å². The number of nitrogens with two attached hydrogens (primary N) is 1. The Balaban J connectivity index is 1.36. The molecule has 3 N–H and O–H groups in total. The van der Waals surface area contributed by atoms with Crippen LogP contribution in [0.1, 0.15) is 12.0 Å². The maximum Gasteiger partial charge on any atom is 0.138 e. The van der Waals surface area contributed by atoms with Crippen molar-refractivity contribution in [3.63, 3.8) is 0 Å². The molecule has 0 aliphatic heterocycles. The largest absolute Gasteiger partial charge is 0.492 e. The summed E-state index contributed by atoms with van der Waals surface area (Å²) in [4.78, 5) is 7.61. The van der Waals surface area contributed by atoms with Gasteiger partial charge in [0, 0.05) is 34.5 Å². The second-order valence-corrected chi connectivity index (χ2v) is 6.34. The number of anilines is 1. The van der Waals surface area contributed by atoms with E-state index < -0.39 is 0 Å². The Morgan fingerprint density at radius 2 is 1.81 bits per heavy atom. The van der Waals surface area contributed by atoms with Crippen LogP contribution in [0.2, 0.25) is 0 Å². The average Bonchev–Trinajstić information content (AvgIpc) is 3.09. The molecule has 0 radical (unpaired) electrons. The van der Waals surface area contributed by atoms with Gasteiger partial charge in [-0.05, 0) is 48.2 Å². The van der Waals surface area contributed by atoms with Crippen LogP contribution < -0.4 is 10.5 Å². The number of aromatic amines is 1. The van der Waals surface area contributed by atoms with Crippen molar-refractivity contribution in [2.45, 2.75) is 12.8 Å². The van der Waals surface area contributed by atoms with Gasteiger partial charge in [-0.2, -0.15) is 0 Å². The highest BCUT2D eigenvalue weighted by molar-refractivity contribution is 5.83. The molecule has 26 heavy (non-hydrogen) atoms. The van der Waals surface area contributed by atoms with Crippen LogP contribution in [0, 0.1) is 0 Å². The van der Waals surface area contributed by atoms with Crippen LogP contribution in [0.25, 0.3) is 22.0 Å². The summed E-state index contributed by atoms with van der Waals surface area (Å²) in [6.45, 7) is 0.659. The van der Waals surface area contributed by atoms with E-state index >= 15 is 0 Å². The normalized spacial score (nSPS) is 10.9. The number of nitrogen functional groups attached to an aromatic ring is 1. The van der Waals surface area contributed by atoms with Gasteiger partial charge in [-0.3, -0.25) is 4.98 Å². The first-order valence-electron chi connectivity index (χ1n) is 8.78. The molecule has 0 atom stereocenters. The van der Waals surface area contributed by atoms with Gasteiger partial charge < -0.3 is 15.5 Å². The topological polar surface area (TPSA) is 63.9 Å². The molecule has 0 bridgehead atoms. The highest BCUT2D eigenvalue weighted by Crippen LogP contribution is 2.24. The van der Waals surface area contributed by atoms with Crippen LogP contribution in [-0.2, 0) is 6.42 Å². The summed E-state index contributed by atoms with van der Waals surface area (Å²) in [6, 6.07) is 18.2. The SMILES string of the molecule is Nc1ccc(-c2cncc(OCCCc3c[nH]c4ccccc34)c2)cc1. The van der Waals surface area contributed by atoms with E-state index in [9.17, 15) is 0 Å². The van der Waals surface area contributed by atoms with Crippen LogP contribution in [0.5, 0.6) is 5.75 Å². The number of benzene rings is 2. The lowest BCUT2D eigenvalue weighted by Gasteiger charge is -2.08. The van der Waals surface area contributed by atoms with Crippen LogP contribution in [0.15, 0.2) is 73.2 Å². The van der Waals surface area contributed by atoms with E-state index in [-0.39, 0.29) is 0 Å². The van der Waals surface area contributed by atoms with Gasteiger partial charge in [0.15, 0.2) is 0 Å². The number of pyridine rings is 1. The number of H-pyrrole nitrogens is 1. The molecular formula is C22H21N3O. The fourth-order valence-electron chi connectivity index (χ4n) is 3.12. The standard InChI is InChI=1S/C22H21N3O/c23-19-9-7-16(8-10-19)18-12-20(15-24-13-18)26-11-3-4-17-14-25-22-6-2-1-5-21(17)22/h1-2,5-10,12-15,25H,3-4,11,23H2. The summed E-state index contributed by atoms with van der Waals surface area (Å²) < 4.78 is 5.90. The third kappa shape index (κ3) is 3.54. The van der Waals surface area contributed by atoms with Crippen LogP contribution in [0.3, 0.4) is 0 Å². The monoisotopic (exact) mass is 343 g/mol. The lowest BCUT2D eigenvalue weighted by atomic mass is 10.1. The third-order valence-corrected chi connectivity index (χ3v) is 4.49. The number of para-hydroxylation sites is 1. The molecule has 0 saturated carbocycles. The predicted octanol–water partition coefficient (Wildman–Crippen LogP) is 4.82. The van der Waals surface area contributed by atoms with Crippen LogP contribution in [0.4, 0.5) is 5.69 Å². The lowest BCUT2D eigenvalue weighted by molar-refractivity contribution is 0.310. The number of aromatic nitrogens is 2. The molecule has 0 amide bonds. The van der Waals surface area contributed by atoms with E-state index in [0.717, 1.165) is 35.4 Å². The molecule has 4 heteroatoms. The Morgan fingerprint density at radius 1 is 0.962 bits per heavy atom. The summed E-state index contributed by atoms with van der Waals surface area (Å²) in [6.07, 6.45) is 7.62. The lowest BCUT2D eigenvalue weighted by Crippen LogP contribution is -1.99. The summed E-state index contributed by atoms with van der Waals surface area (Å²) in [7, 11) is 0. The van der Waals surface area contributed by atoms with Crippen molar-refractivity contribution in [2.75, 3.05) is 12.3 Å². The molecular weight excluding hydrogens is 322 g/mol. The van der Waals surface area contributed by atoms with E-state index in [1.807, 2.05) is 42.6 Å². The number of ether oxygens (including phenoxy) is 1. The van der Waals surface area contributed by atoms with Crippen molar-refractivity contribution in [3.05, 3.63) is 78.8 Å². The fourth-order valence-corrected chi connectivity index (χ4v) is 3.12. The predicted molar refractivity (Wildman–Crippen MR) is 106 cm³/mol. The molecule has 0 fully saturated rings. The van der Waals surface area contributed by atoms with Gasteiger partial charge in [-0.15, -0.1) is 0 Å². The molecule has 2 aromatic heterocycles. The highest BCUT2D eigenvalue weighted by atomic mass is 16.5. The Bertz CT molecular complexity index is 1010. The molecule has 2 heterocycles. The van der Waals surface area contributed by atoms with E-state index in [2.05, 4.69) is 34.4 Å². The zero-order chi connectivity index (χ0) is 17.8. The van der Waals surface area contributed by atoms with Crippen LogP contribution in [-0.4, -0.2) is 16.6 Å². The van der Waals surface area contributed by atoms with Gasteiger partial charge in [0.05, 0.1) is 12.8 Å². The molecule has 4 rings (SSSR count). The minimum absolute atomic E-state index is 0.659. The molecule has 2 aromatic carbocycles. The Morgan fingerprint density at radius 3 is 2.69 bits per heavy atom. The summed E-state index contributed by atoms with van der Waals surface area (Å²) in [5.74, 6) is 0.790. The molecule has 4 aromatic rings. The minimum Gasteiger partial charge on any atom is -0.492 e. The molecule has 0 saturated heterocycles. The smallest absolute Gasteiger partial charge is 0.138 e. The summed E-state index contributed by atoms with van der Waals surface area (Å²) in [5, 5.41) is 1.29. The number of rotatable bonds is 6. The fraction of sp³-hybridized carbons (Fsp3) is 0.136. The average molecular weight is 343 g/mol. The minimum atomic E-state index is 0.659. The van der Waals surface area contributed by atoms with Gasteiger partial charge in [-0.25, -0.2) is 0 Å². The van der Waals surface area contributed by atoms with E-state index in [4.69, 9.17) is 10.5 Å². The van der Waals surface area contributed by atoms with Gasteiger partial charge in [0.2, 0.25) is 0 Å². The summed E-state index contributed by atoms with van der Waals surface area (Å²) >= 11 is 0. The van der Waals surface area contributed by atoms with E-state index in [1.54, 1.807) is 6.20 Å². The number of nitrogens with zero attached hydrogens (tertiary/aromatic N) is 1. The molecule has 0 aliphatic rings. The Kier molecular flexibility index (Phi) is 4.56. The maximum atomic E-state index is 5.90. The molecule has 0 unspecified atom stereocenters. The second-order valence-electron chi connectivity index (χ2n) is 6.34. The summed E-state index contributed by atoms with van der Waals surface area (Å²) in [5.41, 5.74) is 11.1. The van der Waals surface area contributed by atoms with Crippen molar-refractivity contribution in [2.24, 2.45) is 0 Å². The zero-order valence-corrected chi connectivity index (χ0v) is 14.5. The number of hydrogen-bond acceptors (Lipinski definition) is 3. The number of fused-ring (bicyclic) bond motifs is 1. The number of aryl methyl sites for hydroxylation is 1. The quantitative estimate of drug-likeness (QED) is 0.389. The van der Waals surface area contributed by atoms with Crippen molar-refractivity contribution in [3.8, 4) is 16.9 Å². The first-order chi connectivity index (χ1) is 12.8. The van der Waals surface area contributed by atoms with E-state index in [0.29, 0.717) is 6.61 Å². The zero-order valence-electron chi connectivity index (χ0n) is 14.5. The number of hydrogen-bond donors (Lipinski definition) is 2. The molecule has 0 aliphatic carbocycles. The van der Waals surface area contributed by atoms with Crippen molar-refractivity contribution in [1.82, 2.24) is 9.97 Å².